The van der Waals surface area contributed by atoms with Crippen molar-refractivity contribution in [3.05, 3.63) is 69.8 Å². The van der Waals surface area contributed by atoms with Gasteiger partial charge in [-0.2, -0.15) is 0 Å². The van der Waals surface area contributed by atoms with Crippen LogP contribution in [0.1, 0.15) is 12.7 Å². The zero-order chi connectivity index (χ0) is 24.2. The van der Waals surface area contributed by atoms with Gasteiger partial charge in [0.15, 0.2) is 11.5 Å². The number of aromatic amines is 1. The maximum atomic E-state index is 13.2. The fourth-order valence-corrected chi connectivity index (χ4v) is 5.06. The highest BCUT2D eigenvalue weighted by Gasteiger charge is 2.17. The Morgan fingerprint density at radius 1 is 1.18 bits per heavy atom. The van der Waals surface area contributed by atoms with Crippen molar-refractivity contribution in [3.63, 3.8) is 0 Å². The van der Waals surface area contributed by atoms with Gasteiger partial charge in [-0.25, -0.2) is 9.37 Å². The van der Waals surface area contributed by atoms with E-state index >= 15 is 0 Å². The Morgan fingerprint density at radius 2 is 1.91 bits per heavy atom. The molecule has 4 aromatic rings. The molecule has 0 aliphatic heterocycles. The van der Waals surface area contributed by atoms with E-state index in [1.165, 1.54) is 42.3 Å². The van der Waals surface area contributed by atoms with Gasteiger partial charge in [0.25, 0.3) is 5.56 Å². The lowest BCUT2D eigenvalue weighted by Crippen LogP contribution is -2.23. The first kappa shape index (κ1) is 23.8. The summed E-state index contributed by atoms with van der Waals surface area (Å²) in [6.07, 6.45) is 0. The van der Waals surface area contributed by atoms with E-state index in [-0.39, 0.29) is 17.3 Å². The molecule has 0 aliphatic carbocycles. The van der Waals surface area contributed by atoms with Crippen LogP contribution in [0.25, 0.3) is 21.3 Å². The summed E-state index contributed by atoms with van der Waals surface area (Å²) in [6, 6.07) is 11.1. The Balaban J connectivity index is 1.44. The number of hydrogen-bond donors (Lipinski definition) is 2. The molecule has 2 aromatic carbocycles. The molecule has 0 saturated carbocycles. The number of carbonyl (C=O) groups is 1. The van der Waals surface area contributed by atoms with Gasteiger partial charge in [-0.15, -0.1) is 23.1 Å². The highest BCUT2D eigenvalue weighted by atomic mass is 32.2. The largest absolute Gasteiger partial charge is 0.493 e. The van der Waals surface area contributed by atoms with E-state index in [0.717, 1.165) is 11.1 Å². The van der Waals surface area contributed by atoms with Crippen LogP contribution in [-0.2, 0) is 10.5 Å². The van der Waals surface area contributed by atoms with Crippen LogP contribution in [0.4, 0.5) is 10.1 Å². The molecule has 10 heteroatoms. The standard InChI is InChI=1S/C24H22FN3O4S2/c1-13(22(29)26-16-8-9-18(31-2)19(10-16)32-3)33-12-20-27-23(30)21-17(11-34-24(21)28-20)14-4-6-15(25)7-5-14/h4-11,13H,12H2,1-3H3,(H,26,29)(H,27,28,30). The Hall–Kier alpha value is -3.37. The quantitative estimate of drug-likeness (QED) is 0.352. The third kappa shape index (κ3) is 5.07. The van der Waals surface area contributed by atoms with Crippen LogP contribution in [0.3, 0.4) is 0 Å². The number of rotatable bonds is 8. The van der Waals surface area contributed by atoms with Gasteiger partial charge in [0.2, 0.25) is 5.91 Å². The molecule has 7 nitrogen and oxygen atoms in total. The molecule has 1 atom stereocenters. The van der Waals surface area contributed by atoms with Crippen molar-refractivity contribution in [2.75, 3.05) is 19.5 Å². The number of halogens is 1. The van der Waals surface area contributed by atoms with Crippen molar-refractivity contribution in [2.45, 2.75) is 17.9 Å². The first-order valence-electron chi connectivity index (χ1n) is 10.3. The molecule has 4 rings (SSSR count). The molecule has 0 fully saturated rings. The minimum absolute atomic E-state index is 0.185. The maximum absolute atomic E-state index is 13.2. The summed E-state index contributed by atoms with van der Waals surface area (Å²) in [5, 5.41) is 4.78. The number of anilines is 1. The van der Waals surface area contributed by atoms with E-state index in [2.05, 4.69) is 15.3 Å². The molecule has 1 unspecified atom stereocenters. The summed E-state index contributed by atoms with van der Waals surface area (Å²) in [4.78, 5) is 33.4. The number of ether oxygens (including phenoxy) is 2. The van der Waals surface area contributed by atoms with E-state index in [0.29, 0.717) is 39.0 Å². The molecule has 0 spiro atoms. The Kier molecular flexibility index (Phi) is 7.18. The van der Waals surface area contributed by atoms with Gasteiger partial charge < -0.3 is 19.8 Å². The zero-order valence-electron chi connectivity index (χ0n) is 18.7. The molecular formula is C24H22FN3O4S2. The topological polar surface area (TPSA) is 93.3 Å². The molecule has 0 radical (unpaired) electrons. The number of hydrogen-bond acceptors (Lipinski definition) is 7. The number of nitrogens with zero attached hydrogens (tertiary/aromatic N) is 1. The second kappa shape index (κ2) is 10.3. The van der Waals surface area contributed by atoms with Crippen LogP contribution >= 0.6 is 23.1 Å². The molecular weight excluding hydrogens is 477 g/mol. The Labute approximate surface area is 203 Å². The zero-order valence-corrected chi connectivity index (χ0v) is 20.3. The van der Waals surface area contributed by atoms with Crippen LogP contribution < -0.4 is 20.3 Å². The van der Waals surface area contributed by atoms with E-state index in [1.54, 1.807) is 44.4 Å². The number of carbonyl (C=O) groups excluding carboxylic acids is 1. The average Bonchev–Trinajstić information content (AvgIpc) is 3.27. The predicted octanol–water partition coefficient (Wildman–Crippen LogP) is 5.07. The number of thioether (sulfide) groups is 1. The number of methoxy groups -OCH3 is 2. The van der Waals surface area contributed by atoms with Gasteiger partial charge in [0, 0.05) is 22.7 Å². The SMILES string of the molecule is COc1ccc(NC(=O)C(C)SCc2nc3scc(-c4ccc(F)cc4)c3c(=O)[nH]2)cc1OC. The Morgan fingerprint density at radius 3 is 2.62 bits per heavy atom. The monoisotopic (exact) mass is 499 g/mol. The normalized spacial score (nSPS) is 11.9. The third-order valence-corrected chi connectivity index (χ3v) is 7.16. The van der Waals surface area contributed by atoms with Crippen molar-refractivity contribution in [1.29, 1.82) is 0 Å². The molecule has 34 heavy (non-hydrogen) atoms. The lowest BCUT2D eigenvalue weighted by Gasteiger charge is -2.14. The van der Waals surface area contributed by atoms with Gasteiger partial charge in [-0.05, 0) is 36.8 Å². The van der Waals surface area contributed by atoms with Crippen molar-refractivity contribution >= 4 is 44.9 Å². The highest BCUT2D eigenvalue weighted by Crippen LogP contribution is 2.32. The highest BCUT2D eigenvalue weighted by molar-refractivity contribution is 7.99. The van der Waals surface area contributed by atoms with Gasteiger partial charge >= 0.3 is 0 Å². The fourth-order valence-electron chi connectivity index (χ4n) is 3.34. The minimum Gasteiger partial charge on any atom is -0.493 e. The first-order valence-corrected chi connectivity index (χ1v) is 12.2. The van der Waals surface area contributed by atoms with E-state index in [1.807, 2.05) is 5.38 Å². The second-order valence-electron chi connectivity index (χ2n) is 7.36. The van der Waals surface area contributed by atoms with Crippen LogP contribution in [0, 0.1) is 5.82 Å². The molecule has 176 valence electrons. The lowest BCUT2D eigenvalue weighted by molar-refractivity contribution is -0.115. The average molecular weight is 500 g/mol. The van der Waals surface area contributed by atoms with Crippen LogP contribution in [0.2, 0.25) is 0 Å². The van der Waals surface area contributed by atoms with Gasteiger partial charge in [-0.3, -0.25) is 9.59 Å². The van der Waals surface area contributed by atoms with E-state index in [9.17, 15) is 14.0 Å². The number of amides is 1. The predicted molar refractivity (Wildman–Crippen MR) is 135 cm³/mol. The Bertz CT molecular complexity index is 1390. The van der Waals surface area contributed by atoms with Crippen LogP contribution in [-0.4, -0.2) is 35.3 Å². The number of thiophene rings is 1. The van der Waals surface area contributed by atoms with Gasteiger partial charge in [0.05, 0.1) is 30.6 Å². The smallest absolute Gasteiger partial charge is 0.260 e. The lowest BCUT2D eigenvalue weighted by atomic mass is 10.1. The van der Waals surface area contributed by atoms with Gasteiger partial charge in [0.1, 0.15) is 16.5 Å². The van der Waals surface area contributed by atoms with Crippen LogP contribution in [0.15, 0.2) is 52.6 Å². The molecule has 0 aliphatic rings. The summed E-state index contributed by atoms with van der Waals surface area (Å²) >= 11 is 2.71. The summed E-state index contributed by atoms with van der Waals surface area (Å²) in [7, 11) is 3.08. The molecule has 2 aromatic heterocycles. The fraction of sp³-hybridized carbons (Fsp3) is 0.208. The van der Waals surface area contributed by atoms with E-state index in [4.69, 9.17) is 9.47 Å². The molecule has 0 saturated heterocycles. The molecule has 1 amide bonds. The number of nitrogens with one attached hydrogen (secondary N) is 2. The number of fused-ring (bicyclic) bond motifs is 1. The summed E-state index contributed by atoms with van der Waals surface area (Å²) in [5.74, 6) is 1.42. The summed E-state index contributed by atoms with van der Waals surface area (Å²) in [5.41, 5.74) is 1.80. The molecule has 2 heterocycles. The van der Waals surface area contributed by atoms with Crippen molar-refractivity contribution in [2.24, 2.45) is 0 Å². The maximum Gasteiger partial charge on any atom is 0.260 e. The summed E-state index contributed by atoms with van der Waals surface area (Å²) < 4.78 is 23.7. The van der Waals surface area contributed by atoms with Crippen molar-refractivity contribution in [3.8, 4) is 22.6 Å². The van der Waals surface area contributed by atoms with E-state index < -0.39 is 5.25 Å². The first-order chi connectivity index (χ1) is 16.4. The third-order valence-electron chi connectivity index (χ3n) is 5.14. The summed E-state index contributed by atoms with van der Waals surface area (Å²) in [6.45, 7) is 1.79. The van der Waals surface area contributed by atoms with Crippen molar-refractivity contribution in [1.82, 2.24) is 9.97 Å². The van der Waals surface area contributed by atoms with Crippen molar-refractivity contribution < 1.29 is 18.7 Å². The number of benzene rings is 2. The molecule has 2 N–H and O–H groups in total. The second-order valence-corrected chi connectivity index (χ2v) is 9.55. The van der Waals surface area contributed by atoms with Crippen LogP contribution in [0.5, 0.6) is 11.5 Å². The number of H-pyrrole nitrogens is 1. The van der Waals surface area contributed by atoms with Gasteiger partial charge in [-0.1, -0.05) is 12.1 Å². The number of aromatic nitrogens is 2. The minimum atomic E-state index is -0.396. The molecule has 0 bridgehead atoms.